The van der Waals surface area contributed by atoms with Gasteiger partial charge in [0.25, 0.3) is 5.56 Å². The number of esters is 1. The normalized spacial score (nSPS) is 16.0. The van der Waals surface area contributed by atoms with Crippen molar-refractivity contribution in [3.05, 3.63) is 64.2 Å². The van der Waals surface area contributed by atoms with Crippen molar-refractivity contribution in [3.8, 4) is 0 Å². The van der Waals surface area contributed by atoms with Crippen molar-refractivity contribution in [1.29, 1.82) is 0 Å². The molecule has 0 saturated heterocycles. The number of hydrogen-bond acceptors (Lipinski definition) is 6. The molecule has 0 fully saturated rings. The lowest BCUT2D eigenvalue weighted by Gasteiger charge is -2.23. The number of ether oxygens (including phenoxy) is 1. The summed E-state index contributed by atoms with van der Waals surface area (Å²) in [5.74, 6) is -1.15. The molecule has 1 aromatic heterocycles. The van der Waals surface area contributed by atoms with Gasteiger partial charge in [0, 0.05) is 4.90 Å². The van der Waals surface area contributed by atoms with Crippen LogP contribution >= 0.6 is 11.8 Å². The Balaban J connectivity index is 1.44. The standard InChI is InChI=1S/C20H14F3N3O4S/c21-20(22,23)10-5-6-11-13(7-10)24-16(26-18(11)28)9-30-17(27)8-15-19(29)25-12-3-1-2-4-14(12)31-15/h1-7,15H,8-9H2,(H,25,29)(H,24,26,28)/t15-/m0/s1. The molecule has 1 amide bonds. The fourth-order valence-corrected chi connectivity index (χ4v) is 4.11. The SMILES string of the molecule is O=C(C[C@@H]1Sc2ccccc2NC1=O)OCc1nc2cc(C(F)(F)F)ccc2c(=O)[nH]1. The Morgan fingerprint density at radius 1 is 1.16 bits per heavy atom. The molecule has 1 atom stereocenters. The van der Waals surface area contributed by atoms with E-state index in [4.69, 9.17) is 4.74 Å². The van der Waals surface area contributed by atoms with Crippen LogP contribution in [0.2, 0.25) is 0 Å². The molecule has 0 unspecified atom stereocenters. The minimum Gasteiger partial charge on any atom is -0.457 e. The second-order valence-electron chi connectivity index (χ2n) is 6.70. The molecule has 0 aliphatic carbocycles. The number of aromatic nitrogens is 2. The van der Waals surface area contributed by atoms with Gasteiger partial charge in [0.2, 0.25) is 5.91 Å². The smallest absolute Gasteiger partial charge is 0.416 e. The van der Waals surface area contributed by atoms with Gasteiger partial charge in [-0.1, -0.05) is 12.1 Å². The van der Waals surface area contributed by atoms with Crippen molar-refractivity contribution in [2.45, 2.75) is 29.3 Å². The van der Waals surface area contributed by atoms with Crippen molar-refractivity contribution >= 4 is 40.2 Å². The van der Waals surface area contributed by atoms with Gasteiger partial charge in [-0.05, 0) is 30.3 Å². The number of halogens is 3. The summed E-state index contributed by atoms with van der Waals surface area (Å²) in [5.41, 5.74) is -1.09. The summed E-state index contributed by atoms with van der Waals surface area (Å²) in [4.78, 5) is 43.6. The van der Waals surface area contributed by atoms with Crippen LogP contribution in [0, 0.1) is 0 Å². The molecule has 3 aromatic rings. The van der Waals surface area contributed by atoms with Crippen LogP contribution in [-0.2, 0) is 27.1 Å². The maximum Gasteiger partial charge on any atom is 0.416 e. The van der Waals surface area contributed by atoms with Crippen molar-refractivity contribution in [2.24, 2.45) is 0 Å². The minimum atomic E-state index is -4.58. The number of alkyl halides is 3. The van der Waals surface area contributed by atoms with E-state index in [1.807, 2.05) is 12.1 Å². The van der Waals surface area contributed by atoms with Crippen LogP contribution in [-0.4, -0.2) is 27.1 Å². The largest absolute Gasteiger partial charge is 0.457 e. The number of fused-ring (bicyclic) bond motifs is 2. The number of rotatable bonds is 4. The molecule has 7 nitrogen and oxygen atoms in total. The predicted octanol–water partition coefficient (Wildman–Crippen LogP) is 3.49. The van der Waals surface area contributed by atoms with Crippen molar-refractivity contribution in [2.75, 3.05) is 5.32 Å². The van der Waals surface area contributed by atoms with Gasteiger partial charge < -0.3 is 15.0 Å². The van der Waals surface area contributed by atoms with Gasteiger partial charge in [0.15, 0.2) is 0 Å². The number of para-hydroxylation sites is 1. The number of amides is 1. The molecule has 2 aromatic carbocycles. The van der Waals surface area contributed by atoms with Crippen LogP contribution in [0.15, 0.2) is 52.2 Å². The van der Waals surface area contributed by atoms with Crippen molar-refractivity contribution in [1.82, 2.24) is 9.97 Å². The van der Waals surface area contributed by atoms with Gasteiger partial charge in [-0.2, -0.15) is 13.2 Å². The summed E-state index contributed by atoms with van der Waals surface area (Å²) in [7, 11) is 0. The molecular formula is C20H14F3N3O4S. The van der Waals surface area contributed by atoms with E-state index in [0.29, 0.717) is 5.69 Å². The molecule has 0 bridgehead atoms. The zero-order valence-electron chi connectivity index (χ0n) is 15.7. The van der Waals surface area contributed by atoms with Gasteiger partial charge >= 0.3 is 12.1 Å². The lowest BCUT2D eigenvalue weighted by molar-refractivity contribution is -0.146. The Labute approximate surface area is 177 Å². The zero-order chi connectivity index (χ0) is 22.2. The summed E-state index contributed by atoms with van der Waals surface area (Å²) < 4.78 is 43.8. The highest BCUT2D eigenvalue weighted by atomic mass is 32.2. The zero-order valence-corrected chi connectivity index (χ0v) is 16.5. The molecule has 0 saturated carbocycles. The summed E-state index contributed by atoms with van der Waals surface area (Å²) in [6.45, 7) is -0.449. The molecular weight excluding hydrogens is 435 g/mol. The average Bonchev–Trinajstić information content (AvgIpc) is 2.72. The molecule has 11 heteroatoms. The number of aromatic amines is 1. The third kappa shape index (κ3) is 4.55. The van der Waals surface area contributed by atoms with E-state index in [1.165, 1.54) is 11.8 Å². The van der Waals surface area contributed by atoms with Gasteiger partial charge in [0.05, 0.1) is 33.8 Å². The number of benzene rings is 2. The lowest BCUT2D eigenvalue weighted by Crippen LogP contribution is -2.31. The van der Waals surface area contributed by atoms with Crippen molar-refractivity contribution in [3.63, 3.8) is 0 Å². The molecule has 160 valence electrons. The van der Waals surface area contributed by atoms with E-state index in [9.17, 15) is 27.6 Å². The van der Waals surface area contributed by atoms with E-state index >= 15 is 0 Å². The van der Waals surface area contributed by atoms with Crippen LogP contribution < -0.4 is 10.9 Å². The monoisotopic (exact) mass is 449 g/mol. The first-order valence-corrected chi connectivity index (χ1v) is 9.91. The molecule has 0 radical (unpaired) electrons. The average molecular weight is 449 g/mol. The maximum absolute atomic E-state index is 12.9. The van der Waals surface area contributed by atoms with Crippen LogP contribution in [0.5, 0.6) is 0 Å². The lowest BCUT2D eigenvalue weighted by atomic mass is 10.1. The molecule has 1 aliphatic heterocycles. The van der Waals surface area contributed by atoms with E-state index in [2.05, 4.69) is 15.3 Å². The highest BCUT2D eigenvalue weighted by molar-refractivity contribution is 8.01. The third-order valence-electron chi connectivity index (χ3n) is 4.51. The molecule has 0 spiro atoms. The quantitative estimate of drug-likeness (QED) is 0.592. The third-order valence-corrected chi connectivity index (χ3v) is 5.79. The Bertz CT molecular complexity index is 1240. The highest BCUT2D eigenvalue weighted by Crippen LogP contribution is 2.36. The number of H-pyrrole nitrogens is 1. The van der Waals surface area contributed by atoms with Gasteiger partial charge in [-0.3, -0.25) is 14.4 Å². The maximum atomic E-state index is 12.9. The highest BCUT2D eigenvalue weighted by Gasteiger charge is 2.31. The number of hydrogen-bond donors (Lipinski definition) is 2. The van der Waals surface area contributed by atoms with E-state index < -0.39 is 35.1 Å². The topological polar surface area (TPSA) is 101 Å². The van der Waals surface area contributed by atoms with Crippen LogP contribution in [0.4, 0.5) is 18.9 Å². The van der Waals surface area contributed by atoms with Gasteiger partial charge in [-0.25, -0.2) is 4.98 Å². The van der Waals surface area contributed by atoms with Crippen LogP contribution in [0.1, 0.15) is 17.8 Å². The molecule has 1 aliphatic rings. The van der Waals surface area contributed by atoms with E-state index in [1.54, 1.807) is 12.1 Å². The minimum absolute atomic E-state index is 0.0166. The number of thioether (sulfide) groups is 1. The fourth-order valence-electron chi connectivity index (χ4n) is 3.02. The summed E-state index contributed by atoms with van der Waals surface area (Å²) >= 11 is 1.23. The molecule has 31 heavy (non-hydrogen) atoms. The van der Waals surface area contributed by atoms with Gasteiger partial charge in [0.1, 0.15) is 12.4 Å². The van der Waals surface area contributed by atoms with E-state index in [-0.39, 0.29) is 29.1 Å². The fraction of sp³-hybridized carbons (Fsp3) is 0.200. The second kappa shape index (κ2) is 8.06. The Morgan fingerprint density at radius 2 is 1.94 bits per heavy atom. The molecule has 4 rings (SSSR count). The number of nitrogens with zero attached hydrogens (tertiary/aromatic N) is 1. The number of nitrogens with one attached hydrogen (secondary N) is 2. The first-order chi connectivity index (χ1) is 14.7. The Morgan fingerprint density at radius 3 is 2.71 bits per heavy atom. The molecule has 2 heterocycles. The summed E-state index contributed by atoms with van der Waals surface area (Å²) in [6, 6.07) is 9.75. The Kier molecular flexibility index (Phi) is 5.44. The summed E-state index contributed by atoms with van der Waals surface area (Å²) in [6.07, 6.45) is -4.80. The number of anilines is 1. The van der Waals surface area contributed by atoms with E-state index in [0.717, 1.165) is 23.1 Å². The second-order valence-corrected chi connectivity index (χ2v) is 7.94. The van der Waals surface area contributed by atoms with Crippen molar-refractivity contribution < 1.29 is 27.5 Å². The predicted molar refractivity (Wildman–Crippen MR) is 106 cm³/mol. The first kappa shape index (κ1) is 20.9. The number of carbonyl (C=O) groups excluding carboxylic acids is 2. The first-order valence-electron chi connectivity index (χ1n) is 9.03. The van der Waals surface area contributed by atoms with Crippen LogP contribution in [0.3, 0.4) is 0 Å². The molecule has 2 N–H and O–H groups in total. The number of carbonyl (C=O) groups is 2. The summed E-state index contributed by atoms with van der Waals surface area (Å²) in [5, 5.41) is 2.00. The van der Waals surface area contributed by atoms with Crippen LogP contribution in [0.25, 0.3) is 10.9 Å². The van der Waals surface area contributed by atoms with Gasteiger partial charge in [-0.15, -0.1) is 11.8 Å². The Hall–Kier alpha value is -3.34.